The number of hydrogen-bond donors (Lipinski definition) is 2. The molecule has 1 unspecified atom stereocenters. The fourth-order valence-corrected chi connectivity index (χ4v) is 2.20. The van der Waals surface area contributed by atoms with Crippen LogP contribution >= 0.6 is 12.4 Å². The predicted octanol–water partition coefficient (Wildman–Crippen LogP) is 2.96. The quantitative estimate of drug-likeness (QED) is 0.725. The van der Waals surface area contributed by atoms with Crippen molar-refractivity contribution in [3.63, 3.8) is 0 Å². The fourth-order valence-electron chi connectivity index (χ4n) is 2.20. The lowest BCUT2D eigenvalue weighted by Crippen LogP contribution is -2.28. The summed E-state index contributed by atoms with van der Waals surface area (Å²) < 4.78 is 0. The maximum Gasteiger partial charge on any atom is 0.220 e. The Balaban J connectivity index is 0.00000361. The van der Waals surface area contributed by atoms with E-state index in [-0.39, 0.29) is 18.3 Å². The Labute approximate surface area is 128 Å². The standard InChI is InChI=1S/C16H26N2O.ClH/c1-13(2)15(14-8-5-4-6-9-14)12-16(19)18-11-7-10-17-3;/h4-6,8-9,13,15,17H,7,10-12H2,1-3H3,(H,18,19);1H. The van der Waals surface area contributed by atoms with Gasteiger partial charge < -0.3 is 10.6 Å². The van der Waals surface area contributed by atoms with Gasteiger partial charge in [0.05, 0.1) is 0 Å². The largest absolute Gasteiger partial charge is 0.356 e. The first-order chi connectivity index (χ1) is 9.15. The highest BCUT2D eigenvalue weighted by Crippen LogP contribution is 2.27. The summed E-state index contributed by atoms with van der Waals surface area (Å²) in [5.41, 5.74) is 1.25. The van der Waals surface area contributed by atoms with Crippen molar-refractivity contribution in [3.05, 3.63) is 35.9 Å². The number of hydrogen-bond acceptors (Lipinski definition) is 2. The van der Waals surface area contributed by atoms with E-state index in [0.29, 0.717) is 18.3 Å². The molecule has 0 aliphatic heterocycles. The lowest BCUT2D eigenvalue weighted by molar-refractivity contribution is -0.121. The van der Waals surface area contributed by atoms with Crippen molar-refractivity contribution in [1.29, 1.82) is 0 Å². The van der Waals surface area contributed by atoms with Crippen LogP contribution in [0.25, 0.3) is 0 Å². The van der Waals surface area contributed by atoms with E-state index >= 15 is 0 Å². The van der Waals surface area contributed by atoms with E-state index < -0.39 is 0 Å². The van der Waals surface area contributed by atoms with E-state index in [1.807, 2.05) is 25.2 Å². The van der Waals surface area contributed by atoms with Crippen LogP contribution in [0.3, 0.4) is 0 Å². The normalized spacial score (nSPS) is 11.8. The molecule has 20 heavy (non-hydrogen) atoms. The fraction of sp³-hybridized carbons (Fsp3) is 0.562. The molecule has 0 bridgehead atoms. The molecule has 1 atom stereocenters. The molecule has 1 rings (SSSR count). The van der Waals surface area contributed by atoms with Crippen LogP contribution < -0.4 is 10.6 Å². The van der Waals surface area contributed by atoms with Crippen LogP contribution in [0.1, 0.15) is 38.2 Å². The highest BCUT2D eigenvalue weighted by Gasteiger charge is 2.18. The zero-order valence-corrected chi connectivity index (χ0v) is 13.5. The van der Waals surface area contributed by atoms with E-state index in [9.17, 15) is 4.79 Å². The molecule has 1 amide bonds. The molecule has 0 aliphatic rings. The Morgan fingerprint density at radius 1 is 1.15 bits per heavy atom. The minimum Gasteiger partial charge on any atom is -0.356 e. The van der Waals surface area contributed by atoms with Gasteiger partial charge in [0.2, 0.25) is 5.91 Å². The maximum atomic E-state index is 12.0. The average molecular weight is 299 g/mol. The van der Waals surface area contributed by atoms with Gasteiger partial charge >= 0.3 is 0 Å². The van der Waals surface area contributed by atoms with E-state index in [0.717, 1.165) is 19.5 Å². The van der Waals surface area contributed by atoms with Gasteiger partial charge in [0, 0.05) is 13.0 Å². The molecule has 3 nitrogen and oxygen atoms in total. The number of amides is 1. The van der Waals surface area contributed by atoms with E-state index in [1.54, 1.807) is 0 Å². The molecule has 0 radical (unpaired) electrons. The smallest absolute Gasteiger partial charge is 0.220 e. The lowest BCUT2D eigenvalue weighted by atomic mass is 9.85. The van der Waals surface area contributed by atoms with Crippen molar-refractivity contribution in [3.8, 4) is 0 Å². The highest BCUT2D eigenvalue weighted by molar-refractivity contribution is 5.85. The van der Waals surface area contributed by atoms with Crippen LogP contribution in [-0.2, 0) is 4.79 Å². The van der Waals surface area contributed by atoms with Crippen LogP contribution in [-0.4, -0.2) is 26.0 Å². The number of carbonyl (C=O) groups is 1. The Kier molecular flexibility index (Phi) is 10.1. The van der Waals surface area contributed by atoms with Gasteiger partial charge in [-0.1, -0.05) is 44.2 Å². The Hall–Kier alpha value is -1.06. The molecule has 1 aromatic carbocycles. The van der Waals surface area contributed by atoms with Crippen molar-refractivity contribution in [2.24, 2.45) is 5.92 Å². The van der Waals surface area contributed by atoms with Gasteiger partial charge in [-0.05, 0) is 37.4 Å². The van der Waals surface area contributed by atoms with E-state index in [4.69, 9.17) is 0 Å². The molecule has 4 heteroatoms. The molecule has 114 valence electrons. The summed E-state index contributed by atoms with van der Waals surface area (Å²) in [6.07, 6.45) is 1.54. The summed E-state index contributed by atoms with van der Waals surface area (Å²) >= 11 is 0. The van der Waals surface area contributed by atoms with Crippen molar-refractivity contribution < 1.29 is 4.79 Å². The number of nitrogens with one attached hydrogen (secondary N) is 2. The van der Waals surface area contributed by atoms with Crippen LogP contribution in [0, 0.1) is 5.92 Å². The van der Waals surface area contributed by atoms with Crippen LogP contribution in [0.2, 0.25) is 0 Å². The van der Waals surface area contributed by atoms with Crippen molar-refractivity contribution >= 4 is 18.3 Å². The van der Waals surface area contributed by atoms with Gasteiger partial charge in [0.15, 0.2) is 0 Å². The number of carbonyl (C=O) groups excluding carboxylic acids is 1. The van der Waals surface area contributed by atoms with Gasteiger partial charge in [-0.2, -0.15) is 0 Å². The molecule has 0 spiro atoms. The first-order valence-corrected chi connectivity index (χ1v) is 7.11. The SMILES string of the molecule is CNCCCNC(=O)CC(c1ccccc1)C(C)C.Cl. The summed E-state index contributed by atoms with van der Waals surface area (Å²) in [6.45, 7) is 6.03. The highest BCUT2D eigenvalue weighted by atomic mass is 35.5. The second-order valence-corrected chi connectivity index (χ2v) is 5.27. The Morgan fingerprint density at radius 2 is 1.80 bits per heavy atom. The molecule has 0 aromatic heterocycles. The molecule has 0 fully saturated rings. The van der Waals surface area contributed by atoms with Gasteiger partial charge in [0.1, 0.15) is 0 Å². The maximum absolute atomic E-state index is 12.0. The molecule has 0 saturated heterocycles. The van der Waals surface area contributed by atoms with E-state index in [2.05, 4.69) is 36.6 Å². The monoisotopic (exact) mass is 298 g/mol. The number of rotatable bonds is 8. The second kappa shape index (κ2) is 10.7. The first-order valence-electron chi connectivity index (χ1n) is 7.11. The molecular weight excluding hydrogens is 272 g/mol. The minimum atomic E-state index is 0. The van der Waals surface area contributed by atoms with Crippen LogP contribution in [0.5, 0.6) is 0 Å². The minimum absolute atomic E-state index is 0. The van der Waals surface area contributed by atoms with Crippen LogP contribution in [0.15, 0.2) is 30.3 Å². The summed E-state index contributed by atoms with van der Waals surface area (Å²) in [7, 11) is 1.92. The summed E-state index contributed by atoms with van der Waals surface area (Å²) in [4.78, 5) is 12.0. The van der Waals surface area contributed by atoms with Gasteiger partial charge in [-0.3, -0.25) is 4.79 Å². The summed E-state index contributed by atoms with van der Waals surface area (Å²) in [6, 6.07) is 10.3. The third kappa shape index (κ3) is 6.92. The van der Waals surface area contributed by atoms with Crippen LogP contribution in [0.4, 0.5) is 0 Å². The molecule has 1 aromatic rings. The Morgan fingerprint density at radius 3 is 2.35 bits per heavy atom. The van der Waals surface area contributed by atoms with Gasteiger partial charge in [0.25, 0.3) is 0 Å². The first kappa shape index (κ1) is 18.9. The molecule has 0 aliphatic carbocycles. The molecule has 0 saturated carbocycles. The summed E-state index contributed by atoms with van der Waals surface area (Å²) in [5, 5.41) is 6.07. The van der Waals surface area contributed by atoms with Crippen molar-refractivity contribution in [2.45, 2.75) is 32.6 Å². The zero-order chi connectivity index (χ0) is 14.1. The molecular formula is C16H27ClN2O. The second-order valence-electron chi connectivity index (χ2n) is 5.27. The van der Waals surface area contributed by atoms with Gasteiger partial charge in [-0.15, -0.1) is 12.4 Å². The van der Waals surface area contributed by atoms with E-state index in [1.165, 1.54) is 5.56 Å². The zero-order valence-electron chi connectivity index (χ0n) is 12.7. The summed E-state index contributed by atoms with van der Waals surface area (Å²) in [5.74, 6) is 0.912. The average Bonchev–Trinajstić information content (AvgIpc) is 2.41. The predicted molar refractivity (Wildman–Crippen MR) is 87.4 cm³/mol. The van der Waals surface area contributed by atoms with Crippen molar-refractivity contribution in [1.82, 2.24) is 10.6 Å². The number of halogens is 1. The topological polar surface area (TPSA) is 41.1 Å². The molecule has 2 N–H and O–H groups in total. The lowest BCUT2D eigenvalue weighted by Gasteiger charge is -2.21. The molecule has 0 heterocycles. The third-order valence-electron chi connectivity index (χ3n) is 3.36. The van der Waals surface area contributed by atoms with Crippen molar-refractivity contribution in [2.75, 3.05) is 20.1 Å². The Bertz CT molecular complexity index is 368. The third-order valence-corrected chi connectivity index (χ3v) is 3.36. The van der Waals surface area contributed by atoms with Gasteiger partial charge in [-0.25, -0.2) is 0 Å². The number of benzene rings is 1.